The molecule has 0 spiro atoms. The molecule has 3 rings (SSSR count). The van der Waals surface area contributed by atoms with E-state index >= 15 is 0 Å². The SMILES string of the molecule is CCCCCCOc1ccc(-c2ccc(C3=CCC(CCCCC)CC3)cc2)cc1. The third-order valence-corrected chi connectivity index (χ3v) is 6.45. The first-order chi connectivity index (χ1) is 14.8. The molecule has 0 saturated heterocycles. The Morgan fingerprint density at radius 3 is 2.00 bits per heavy atom. The molecular formula is C29H40O. The molecule has 0 N–H and O–H groups in total. The Hall–Kier alpha value is -2.02. The summed E-state index contributed by atoms with van der Waals surface area (Å²) in [7, 11) is 0. The first kappa shape index (κ1) is 22.7. The Kier molecular flexibility index (Phi) is 9.54. The van der Waals surface area contributed by atoms with E-state index in [-0.39, 0.29) is 0 Å². The van der Waals surface area contributed by atoms with Crippen LogP contribution in [0.15, 0.2) is 54.6 Å². The van der Waals surface area contributed by atoms with Crippen LogP contribution in [0.25, 0.3) is 16.7 Å². The lowest BCUT2D eigenvalue weighted by molar-refractivity contribution is 0.305. The van der Waals surface area contributed by atoms with Crippen LogP contribution >= 0.6 is 0 Å². The normalized spacial score (nSPS) is 16.3. The van der Waals surface area contributed by atoms with Gasteiger partial charge >= 0.3 is 0 Å². The van der Waals surface area contributed by atoms with Gasteiger partial charge in [0.2, 0.25) is 0 Å². The number of unbranched alkanes of at least 4 members (excludes halogenated alkanes) is 5. The second kappa shape index (κ2) is 12.6. The van der Waals surface area contributed by atoms with Crippen LogP contribution < -0.4 is 4.74 Å². The van der Waals surface area contributed by atoms with E-state index in [9.17, 15) is 0 Å². The number of hydrogen-bond acceptors (Lipinski definition) is 1. The second-order valence-electron chi connectivity index (χ2n) is 8.88. The average molecular weight is 405 g/mol. The summed E-state index contributed by atoms with van der Waals surface area (Å²) < 4.78 is 5.87. The standard InChI is InChI=1S/C29H40O/c1-3-5-7-9-23-30-29-21-19-28(20-22-29)27-17-15-26(16-18-27)25-13-11-24(12-14-25)10-8-6-4-2/h13,15-22,24H,3-12,14,23H2,1-2H3. The van der Waals surface area contributed by atoms with Crippen LogP contribution in [0.3, 0.4) is 0 Å². The first-order valence-electron chi connectivity index (χ1n) is 12.3. The highest BCUT2D eigenvalue weighted by Crippen LogP contribution is 2.33. The Bertz CT molecular complexity index is 754. The minimum absolute atomic E-state index is 0.822. The van der Waals surface area contributed by atoms with Gasteiger partial charge in [-0.15, -0.1) is 0 Å². The van der Waals surface area contributed by atoms with E-state index in [0.717, 1.165) is 24.7 Å². The topological polar surface area (TPSA) is 9.23 Å². The highest BCUT2D eigenvalue weighted by atomic mass is 16.5. The molecule has 0 bridgehead atoms. The molecule has 0 heterocycles. The summed E-state index contributed by atoms with van der Waals surface area (Å²) in [5.41, 5.74) is 5.48. The van der Waals surface area contributed by atoms with E-state index in [1.807, 2.05) is 0 Å². The summed E-state index contributed by atoms with van der Waals surface area (Å²) in [6.07, 6.45) is 16.9. The van der Waals surface area contributed by atoms with Gasteiger partial charge in [-0.1, -0.05) is 101 Å². The Morgan fingerprint density at radius 2 is 1.37 bits per heavy atom. The van der Waals surface area contributed by atoms with Crippen molar-refractivity contribution in [2.45, 2.75) is 84.5 Å². The summed E-state index contributed by atoms with van der Waals surface area (Å²) >= 11 is 0. The van der Waals surface area contributed by atoms with E-state index in [1.54, 1.807) is 5.57 Å². The fourth-order valence-corrected chi connectivity index (χ4v) is 4.44. The summed E-state index contributed by atoms with van der Waals surface area (Å²) in [6, 6.07) is 17.7. The molecule has 0 fully saturated rings. The van der Waals surface area contributed by atoms with Gasteiger partial charge in [-0.25, -0.2) is 0 Å². The Morgan fingerprint density at radius 1 is 0.733 bits per heavy atom. The third-order valence-electron chi connectivity index (χ3n) is 6.45. The maximum atomic E-state index is 5.87. The minimum Gasteiger partial charge on any atom is -0.494 e. The molecular weight excluding hydrogens is 364 g/mol. The van der Waals surface area contributed by atoms with Crippen LogP contribution in [-0.4, -0.2) is 6.61 Å². The van der Waals surface area contributed by atoms with E-state index in [0.29, 0.717) is 0 Å². The van der Waals surface area contributed by atoms with Gasteiger partial charge in [0.15, 0.2) is 0 Å². The molecule has 0 aliphatic heterocycles. The summed E-state index contributed by atoms with van der Waals surface area (Å²) in [5, 5.41) is 0. The fourth-order valence-electron chi connectivity index (χ4n) is 4.44. The monoisotopic (exact) mass is 404 g/mol. The molecule has 0 radical (unpaired) electrons. The van der Waals surface area contributed by atoms with E-state index < -0.39 is 0 Å². The maximum Gasteiger partial charge on any atom is 0.119 e. The maximum absolute atomic E-state index is 5.87. The molecule has 1 aliphatic rings. The van der Waals surface area contributed by atoms with Crippen LogP contribution in [0.1, 0.15) is 90.0 Å². The summed E-state index contributed by atoms with van der Waals surface area (Å²) in [5.74, 6) is 1.89. The quantitative estimate of drug-likeness (QED) is 0.320. The van der Waals surface area contributed by atoms with Crippen molar-refractivity contribution in [3.63, 3.8) is 0 Å². The molecule has 2 aromatic rings. The van der Waals surface area contributed by atoms with Gasteiger partial charge in [0, 0.05) is 0 Å². The minimum atomic E-state index is 0.822. The van der Waals surface area contributed by atoms with Gasteiger partial charge in [-0.3, -0.25) is 0 Å². The predicted octanol–water partition coefficient (Wildman–Crippen LogP) is 9.08. The van der Waals surface area contributed by atoms with Crippen molar-refractivity contribution >= 4 is 5.57 Å². The highest BCUT2D eigenvalue weighted by Gasteiger charge is 2.15. The largest absolute Gasteiger partial charge is 0.494 e. The lowest BCUT2D eigenvalue weighted by atomic mass is 9.83. The lowest BCUT2D eigenvalue weighted by Crippen LogP contribution is -2.05. The molecule has 30 heavy (non-hydrogen) atoms. The van der Waals surface area contributed by atoms with Crippen LogP contribution in [0.4, 0.5) is 0 Å². The third kappa shape index (κ3) is 7.04. The number of ether oxygens (including phenoxy) is 1. The molecule has 0 amide bonds. The molecule has 0 aromatic heterocycles. The van der Waals surface area contributed by atoms with Gasteiger partial charge in [-0.05, 0) is 66.0 Å². The summed E-state index contributed by atoms with van der Waals surface area (Å²) in [6.45, 7) is 5.35. The average Bonchev–Trinajstić information content (AvgIpc) is 2.80. The van der Waals surface area contributed by atoms with Crippen LogP contribution in [0.2, 0.25) is 0 Å². The molecule has 1 atom stereocenters. The molecule has 162 valence electrons. The van der Waals surface area contributed by atoms with Crippen LogP contribution in [0, 0.1) is 5.92 Å². The van der Waals surface area contributed by atoms with E-state index in [4.69, 9.17) is 4.74 Å². The van der Waals surface area contributed by atoms with Crippen molar-refractivity contribution in [3.8, 4) is 16.9 Å². The van der Waals surface area contributed by atoms with Crippen molar-refractivity contribution in [2.24, 2.45) is 5.92 Å². The molecule has 1 aliphatic carbocycles. The van der Waals surface area contributed by atoms with Crippen molar-refractivity contribution in [1.29, 1.82) is 0 Å². The van der Waals surface area contributed by atoms with Gasteiger partial charge < -0.3 is 4.74 Å². The van der Waals surface area contributed by atoms with Gasteiger partial charge in [0.05, 0.1) is 6.61 Å². The first-order valence-corrected chi connectivity index (χ1v) is 12.3. The predicted molar refractivity (Wildman–Crippen MR) is 131 cm³/mol. The summed E-state index contributed by atoms with van der Waals surface area (Å²) in [4.78, 5) is 0. The van der Waals surface area contributed by atoms with E-state index in [2.05, 4.69) is 68.5 Å². The fraction of sp³-hybridized carbons (Fsp3) is 0.517. The van der Waals surface area contributed by atoms with Crippen LogP contribution in [0.5, 0.6) is 5.75 Å². The molecule has 1 unspecified atom stereocenters. The Labute approximate surface area is 184 Å². The zero-order chi connectivity index (χ0) is 21.0. The second-order valence-corrected chi connectivity index (χ2v) is 8.88. The number of hydrogen-bond donors (Lipinski definition) is 0. The van der Waals surface area contributed by atoms with Crippen LogP contribution in [-0.2, 0) is 0 Å². The zero-order valence-electron chi connectivity index (χ0n) is 19.2. The van der Waals surface area contributed by atoms with E-state index in [1.165, 1.54) is 80.9 Å². The van der Waals surface area contributed by atoms with Gasteiger partial charge in [0.25, 0.3) is 0 Å². The molecule has 0 saturated carbocycles. The Balaban J connectivity index is 1.50. The van der Waals surface area contributed by atoms with Crippen molar-refractivity contribution in [3.05, 3.63) is 60.2 Å². The molecule has 2 aromatic carbocycles. The smallest absolute Gasteiger partial charge is 0.119 e. The van der Waals surface area contributed by atoms with Crippen molar-refractivity contribution in [1.82, 2.24) is 0 Å². The van der Waals surface area contributed by atoms with Crippen molar-refractivity contribution in [2.75, 3.05) is 6.61 Å². The molecule has 1 heteroatoms. The molecule has 1 nitrogen and oxygen atoms in total. The number of allylic oxidation sites excluding steroid dienone is 2. The lowest BCUT2D eigenvalue weighted by Gasteiger charge is -2.22. The van der Waals surface area contributed by atoms with Crippen molar-refractivity contribution < 1.29 is 4.74 Å². The zero-order valence-corrected chi connectivity index (χ0v) is 19.2. The number of benzene rings is 2. The highest BCUT2D eigenvalue weighted by molar-refractivity contribution is 5.71. The number of rotatable bonds is 12. The van der Waals surface area contributed by atoms with Gasteiger partial charge in [-0.2, -0.15) is 0 Å². The van der Waals surface area contributed by atoms with Gasteiger partial charge in [0.1, 0.15) is 5.75 Å².